The van der Waals surface area contributed by atoms with Gasteiger partial charge in [-0.05, 0) is 11.8 Å². The van der Waals surface area contributed by atoms with Crippen LogP contribution >= 0.6 is 0 Å². The number of alkyl halides is 3. The second kappa shape index (κ2) is 5.81. The number of guanidine groups is 1. The Kier molecular flexibility index (Phi) is 4.39. The lowest BCUT2D eigenvalue weighted by molar-refractivity contribution is -0.142. The third kappa shape index (κ3) is 3.72. The van der Waals surface area contributed by atoms with Gasteiger partial charge in [0.1, 0.15) is 0 Å². The SMILES string of the molecule is CN=C(NCc1cn(C)nc1C(F)(F)F)N1CCC(C)(C)C1. The van der Waals surface area contributed by atoms with Crippen molar-refractivity contribution >= 4 is 5.96 Å². The predicted molar refractivity (Wildman–Crippen MR) is 78.4 cm³/mol. The van der Waals surface area contributed by atoms with E-state index in [9.17, 15) is 13.2 Å². The van der Waals surface area contributed by atoms with E-state index in [1.54, 1.807) is 7.05 Å². The van der Waals surface area contributed by atoms with Crippen LogP contribution in [0.15, 0.2) is 11.2 Å². The molecule has 0 saturated carbocycles. The molecule has 1 saturated heterocycles. The summed E-state index contributed by atoms with van der Waals surface area (Å²) in [5.41, 5.74) is -0.530. The summed E-state index contributed by atoms with van der Waals surface area (Å²) in [6.07, 6.45) is -2.02. The van der Waals surface area contributed by atoms with Crippen molar-refractivity contribution in [2.75, 3.05) is 20.1 Å². The van der Waals surface area contributed by atoms with Gasteiger partial charge in [-0.2, -0.15) is 18.3 Å². The predicted octanol–water partition coefficient (Wildman–Crippen LogP) is 2.25. The molecule has 5 nitrogen and oxygen atoms in total. The fraction of sp³-hybridized carbons (Fsp3) is 0.714. The Morgan fingerprint density at radius 1 is 1.45 bits per heavy atom. The van der Waals surface area contributed by atoms with Gasteiger partial charge in [0.05, 0.1) is 0 Å². The van der Waals surface area contributed by atoms with Crippen LogP contribution in [0.1, 0.15) is 31.5 Å². The van der Waals surface area contributed by atoms with Crippen LogP contribution in [0.3, 0.4) is 0 Å². The number of aryl methyl sites for hydroxylation is 1. The van der Waals surface area contributed by atoms with Crippen LogP contribution in [0.25, 0.3) is 0 Å². The lowest BCUT2D eigenvalue weighted by Gasteiger charge is -2.23. The molecule has 1 aromatic heterocycles. The highest BCUT2D eigenvalue weighted by atomic mass is 19.4. The van der Waals surface area contributed by atoms with Crippen molar-refractivity contribution in [3.05, 3.63) is 17.5 Å². The van der Waals surface area contributed by atoms with Gasteiger partial charge in [0.15, 0.2) is 11.7 Å². The van der Waals surface area contributed by atoms with Crippen molar-refractivity contribution in [2.45, 2.75) is 33.0 Å². The van der Waals surface area contributed by atoms with Crippen molar-refractivity contribution in [2.24, 2.45) is 17.5 Å². The average molecular weight is 317 g/mol. The Morgan fingerprint density at radius 3 is 2.64 bits per heavy atom. The molecule has 2 rings (SSSR count). The zero-order valence-corrected chi connectivity index (χ0v) is 13.3. The number of halogens is 3. The van der Waals surface area contributed by atoms with Gasteiger partial charge in [-0.15, -0.1) is 0 Å². The maximum atomic E-state index is 12.9. The van der Waals surface area contributed by atoms with Gasteiger partial charge in [-0.25, -0.2) is 0 Å². The molecule has 124 valence electrons. The number of likely N-dealkylation sites (tertiary alicyclic amines) is 1. The fourth-order valence-corrected chi connectivity index (χ4v) is 2.71. The van der Waals surface area contributed by atoms with Gasteiger partial charge >= 0.3 is 6.18 Å². The van der Waals surface area contributed by atoms with E-state index in [2.05, 4.69) is 34.2 Å². The third-order valence-electron chi connectivity index (χ3n) is 3.80. The summed E-state index contributed by atoms with van der Waals surface area (Å²) >= 11 is 0. The van der Waals surface area contributed by atoms with Gasteiger partial charge in [0.25, 0.3) is 0 Å². The monoisotopic (exact) mass is 317 g/mol. The van der Waals surface area contributed by atoms with Gasteiger partial charge in [0.2, 0.25) is 0 Å². The van der Waals surface area contributed by atoms with Gasteiger partial charge in [0, 0.05) is 45.5 Å². The maximum Gasteiger partial charge on any atom is 0.435 e. The Morgan fingerprint density at radius 2 is 2.14 bits per heavy atom. The number of hydrogen-bond acceptors (Lipinski definition) is 2. The van der Waals surface area contributed by atoms with Crippen molar-refractivity contribution in [3.8, 4) is 0 Å². The highest BCUT2D eigenvalue weighted by Gasteiger charge is 2.37. The van der Waals surface area contributed by atoms with Crippen LogP contribution in [0.2, 0.25) is 0 Å². The molecule has 0 amide bonds. The minimum atomic E-state index is -4.45. The molecule has 2 heterocycles. The minimum absolute atomic E-state index is 0.0479. The van der Waals surface area contributed by atoms with Crippen LogP contribution in [-0.2, 0) is 19.8 Å². The summed E-state index contributed by atoms with van der Waals surface area (Å²) in [4.78, 5) is 6.25. The fourth-order valence-electron chi connectivity index (χ4n) is 2.71. The van der Waals surface area contributed by atoms with Crippen molar-refractivity contribution < 1.29 is 13.2 Å². The second-order valence-corrected chi connectivity index (χ2v) is 6.41. The van der Waals surface area contributed by atoms with Crippen LogP contribution in [0, 0.1) is 5.41 Å². The molecule has 0 radical (unpaired) electrons. The first kappa shape index (κ1) is 16.6. The summed E-state index contributed by atoms with van der Waals surface area (Å²) in [7, 11) is 3.12. The highest BCUT2D eigenvalue weighted by molar-refractivity contribution is 5.80. The van der Waals surface area contributed by atoms with E-state index in [1.165, 1.54) is 17.9 Å². The molecule has 1 fully saturated rings. The van der Waals surface area contributed by atoms with Crippen LogP contribution in [0.4, 0.5) is 13.2 Å². The molecule has 8 heteroatoms. The topological polar surface area (TPSA) is 45.5 Å². The first-order valence-corrected chi connectivity index (χ1v) is 7.18. The summed E-state index contributed by atoms with van der Waals surface area (Å²) in [5.74, 6) is 0.627. The van der Waals surface area contributed by atoms with E-state index in [0.29, 0.717) is 5.96 Å². The molecule has 0 unspecified atom stereocenters. The summed E-state index contributed by atoms with van der Waals surface area (Å²) in [6.45, 7) is 6.08. The minimum Gasteiger partial charge on any atom is -0.352 e. The van der Waals surface area contributed by atoms with E-state index in [-0.39, 0.29) is 17.5 Å². The molecule has 1 aromatic rings. The Hall–Kier alpha value is -1.73. The Balaban J connectivity index is 2.06. The smallest absolute Gasteiger partial charge is 0.352 e. The van der Waals surface area contributed by atoms with E-state index in [1.807, 2.05) is 0 Å². The molecule has 0 aliphatic carbocycles. The zero-order valence-electron chi connectivity index (χ0n) is 13.3. The number of aromatic nitrogens is 2. The van der Waals surface area contributed by atoms with E-state index >= 15 is 0 Å². The van der Waals surface area contributed by atoms with Gasteiger partial charge in [-0.3, -0.25) is 9.67 Å². The van der Waals surface area contributed by atoms with Crippen molar-refractivity contribution in [3.63, 3.8) is 0 Å². The van der Waals surface area contributed by atoms with Crippen molar-refractivity contribution in [1.29, 1.82) is 0 Å². The zero-order chi connectivity index (χ0) is 16.5. The molecule has 0 bridgehead atoms. The number of rotatable bonds is 2. The molecule has 0 aromatic carbocycles. The lowest BCUT2D eigenvalue weighted by atomic mass is 9.93. The lowest BCUT2D eigenvalue weighted by Crippen LogP contribution is -2.40. The number of aliphatic imine (C=N–C) groups is 1. The maximum absolute atomic E-state index is 12.9. The van der Waals surface area contributed by atoms with Gasteiger partial charge in [-0.1, -0.05) is 13.8 Å². The molecule has 22 heavy (non-hydrogen) atoms. The number of hydrogen-bond donors (Lipinski definition) is 1. The number of nitrogens with one attached hydrogen (secondary N) is 1. The van der Waals surface area contributed by atoms with E-state index < -0.39 is 11.9 Å². The van der Waals surface area contributed by atoms with Crippen LogP contribution < -0.4 is 5.32 Å². The first-order valence-electron chi connectivity index (χ1n) is 7.18. The quantitative estimate of drug-likeness (QED) is 0.672. The Bertz CT molecular complexity index is 559. The summed E-state index contributed by atoms with van der Waals surface area (Å²) < 4.78 is 40.0. The largest absolute Gasteiger partial charge is 0.435 e. The normalized spacial score (nSPS) is 18.9. The highest BCUT2D eigenvalue weighted by Crippen LogP contribution is 2.31. The Labute approximate surface area is 128 Å². The first-order chi connectivity index (χ1) is 10.1. The van der Waals surface area contributed by atoms with Crippen molar-refractivity contribution in [1.82, 2.24) is 20.0 Å². The molecule has 1 aliphatic rings. The molecule has 1 aliphatic heterocycles. The standard InChI is InChI=1S/C14H22F3N5/c1-13(2)5-6-22(9-13)12(18-3)19-7-10-8-21(4)20-11(10)14(15,16)17/h8H,5-7,9H2,1-4H3,(H,18,19). The van der Waals surface area contributed by atoms with Crippen LogP contribution in [-0.4, -0.2) is 40.8 Å². The van der Waals surface area contributed by atoms with E-state index in [0.717, 1.165) is 19.5 Å². The number of nitrogens with zero attached hydrogens (tertiary/aromatic N) is 4. The molecule has 1 N–H and O–H groups in total. The second-order valence-electron chi connectivity index (χ2n) is 6.41. The average Bonchev–Trinajstić information content (AvgIpc) is 2.93. The van der Waals surface area contributed by atoms with E-state index in [4.69, 9.17) is 0 Å². The molecular weight excluding hydrogens is 295 g/mol. The molecule has 0 atom stereocenters. The third-order valence-corrected chi connectivity index (χ3v) is 3.80. The summed E-state index contributed by atoms with van der Waals surface area (Å²) in [5, 5.41) is 6.52. The molecular formula is C14H22F3N5. The summed E-state index contributed by atoms with van der Waals surface area (Å²) in [6, 6.07) is 0. The van der Waals surface area contributed by atoms with Gasteiger partial charge < -0.3 is 10.2 Å². The van der Waals surface area contributed by atoms with Crippen LogP contribution in [0.5, 0.6) is 0 Å². The molecule has 0 spiro atoms.